The first kappa shape index (κ1) is 18.1. The van der Waals surface area contributed by atoms with Gasteiger partial charge in [-0.05, 0) is 12.1 Å². The van der Waals surface area contributed by atoms with E-state index in [-0.39, 0.29) is 12.4 Å². The van der Waals surface area contributed by atoms with E-state index in [1.54, 1.807) is 0 Å². The lowest BCUT2D eigenvalue weighted by atomic mass is 9.81. The Morgan fingerprint density at radius 1 is 1.22 bits per heavy atom. The van der Waals surface area contributed by atoms with Gasteiger partial charge in [0.1, 0.15) is 5.54 Å². The van der Waals surface area contributed by atoms with E-state index in [4.69, 9.17) is 10.8 Å². The number of benzene rings is 1. The molecule has 2 saturated carbocycles. The molecule has 6 nitrogen and oxygen atoms in total. The van der Waals surface area contributed by atoms with Crippen molar-refractivity contribution in [3.8, 4) is 0 Å². The highest BCUT2D eigenvalue weighted by Gasteiger charge is 2.77. The number of halogens is 1. The average Bonchev–Trinajstić information content (AvgIpc) is 3.19. The maximum atomic E-state index is 11.7. The second-order valence-corrected chi connectivity index (χ2v) is 7.02. The van der Waals surface area contributed by atoms with Gasteiger partial charge in [-0.25, -0.2) is 0 Å². The molecule has 1 aromatic carbocycles. The van der Waals surface area contributed by atoms with Crippen molar-refractivity contribution in [2.75, 3.05) is 5.75 Å². The summed E-state index contributed by atoms with van der Waals surface area (Å²) in [5.41, 5.74) is 4.39. The first-order valence-corrected chi connectivity index (χ1v) is 7.98. The Hall–Kier alpha value is -1.28. The zero-order valence-corrected chi connectivity index (χ0v) is 13.7. The summed E-state index contributed by atoms with van der Waals surface area (Å²) >= 11 is 1.42. The van der Waals surface area contributed by atoms with Gasteiger partial charge in [-0.1, -0.05) is 18.2 Å². The van der Waals surface area contributed by atoms with Gasteiger partial charge in [0, 0.05) is 28.4 Å². The first-order valence-electron chi connectivity index (χ1n) is 7.00. The van der Waals surface area contributed by atoms with Crippen LogP contribution in [-0.4, -0.2) is 44.7 Å². The molecule has 0 saturated heterocycles. The molecular formula is C15H18ClNO5S. The molecule has 0 radical (unpaired) electrons. The zero-order valence-electron chi connectivity index (χ0n) is 12.0. The van der Waals surface area contributed by atoms with E-state index < -0.39 is 47.3 Å². The molecule has 0 aromatic heterocycles. The topological polar surface area (TPSA) is 121 Å². The molecule has 0 spiro atoms. The van der Waals surface area contributed by atoms with Crippen molar-refractivity contribution in [3.05, 3.63) is 30.3 Å². The van der Waals surface area contributed by atoms with Crippen LogP contribution in [0.2, 0.25) is 0 Å². The Morgan fingerprint density at radius 3 is 2.35 bits per heavy atom. The first-order chi connectivity index (χ1) is 10.4. The molecule has 2 aliphatic carbocycles. The van der Waals surface area contributed by atoms with Crippen molar-refractivity contribution >= 4 is 36.1 Å². The molecule has 0 unspecified atom stereocenters. The van der Waals surface area contributed by atoms with Crippen LogP contribution in [0.4, 0.5) is 0 Å². The van der Waals surface area contributed by atoms with E-state index in [1.165, 1.54) is 11.8 Å². The fraction of sp³-hybridized carbons (Fsp3) is 0.467. The zero-order chi connectivity index (χ0) is 16.1. The van der Waals surface area contributed by atoms with Crippen molar-refractivity contribution in [1.29, 1.82) is 0 Å². The van der Waals surface area contributed by atoms with Gasteiger partial charge in [0.05, 0.1) is 12.0 Å². The molecular weight excluding hydrogens is 342 g/mol. The molecule has 0 aliphatic heterocycles. The van der Waals surface area contributed by atoms with Crippen molar-refractivity contribution in [2.24, 2.45) is 29.4 Å². The number of rotatable bonds is 5. The maximum absolute atomic E-state index is 11.7. The third-order valence-corrected chi connectivity index (χ3v) is 6.01. The highest BCUT2D eigenvalue weighted by Crippen LogP contribution is 2.64. The van der Waals surface area contributed by atoms with E-state index in [9.17, 15) is 19.8 Å². The van der Waals surface area contributed by atoms with Crippen molar-refractivity contribution < 1.29 is 24.9 Å². The molecule has 5 N–H and O–H groups in total. The molecule has 0 heterocycles. The molecule has 0 amide bonds. The van der Waals surface area contributed by atoms with E-state index in [2.05, 4.69) is 0 Å². The van der Waals surface area contributed by atoms with Crippen LogP contribution >= 0.6 is 24.2 Å². The lowest BCUT2D eigenvalue weighted by Crippen LogP contribution is -2.58. The molecule has 1 aromatic rings. The largest absolute Gasteiger partial charge is 0.481 e. The summed E-state index contributed by atoms with van der Waals surface area (Å²) < 4.78 is 0. The van der Waals surface area contributed by atoms with Gasteiger partial charge in [0.2, 0.25) is 0 Å². The lowest BCUT2D eigenvalue weighted by molar-refractivity contribution is -0.148. The van der Waals surface area contributed by atoms with Gasteiger partial charge in [-0.2, -0.15) is 0 Å². The quantitative estimate of drug-likeness (QED) is 0.577. The highest BCUT2D eigenvalue weighted by molar-refractivity contribution is 7.99. The van der Waals surface area contributed by atoms with Gasteiger partial charge in [0.15, 0.2) is 0 Å². The second kappa shape index (κ2) is 6.32. The number of hydrogen-bond acceptors (Lipinski definition) is 5. The van der Waals surface area contributed by atoms with Crippen molar-refractivity contribution in [2.45, 2.75) is 16.5 Å². The number of nitrogens with two attached hydrogens (primary N) is 1. The normalized spacial score (nSPS) is 37.6. The minimum absolute atomic E-state index is 0. The highest BCUT2D eigenvalue weighted by atomic mass is 35.5. The van der Waals surface area contributed by atoms with Crippen LogP contribution in [0, 0.1) is 23.7 Å². The third-order valence-electron chi connectivity index (χ3n) is 4.88. The number of aliphatic hydroxyl groups is 1. The van der Waals surface area contributed by atoms with Gasteiger partial charge < -0.3 is 21.1 Å². The van der Waals surface area contributed by atoms with Crippen LogP contribution in [0.25, 0.3) is 0 Å². The third kappa shape index (κ3) is 2.71. The van der Waals surface area contributed by atoms with Gasteiger partial charge in [-0.15, -0.1) is 24.2 Å². The number of carboxylic acid groups (broad SMARTS) is 2. The predicted octanol–water partition coefficient (Wildman–Crippen LogP) is 0.920. The van der Waals surface area contributed by atoms with E-state index in [0.29, 0.717) is 5.75 Å². The maximum Gasteiger partial charge on any atom is 0.324 e. The number of hydrogen-bond donors (Lipinski definition) is 4. The summed E-state index contributed by atoms with van der Waals surface area (Å²) in [4.78, 5) is 23.8. The Kier molecular flexibility index (Phi) is 4.96. The second-order valence-electron chi connectivity index (χ2n) is 5.93. The number of thioether (sulfide) groups is 1. The molecule has 23 heavy (non-hydrogen) atoms. The van der Waals surface area contributed by atoms with E-state index in [0.717, 1.165) is 4.90 Å². The fourth-order valence-electron chi connectivity index (χ4n) is 3.73. The minimum atomic E-state index is -1.69. The Morgan fingerprint density at radius 2 is 1.83 bits per heavy atom. The molecule has 0 bridgehead atoms. The van der Waals surface area contributed by atoms with E-state index in [1.807, 2.05) is 30.3 Å². The van der Waals surface area contributed by atoms with Crippen molar-refractivity contribution in [3.63, 3.8) is 0 Å². The summed E-state index contributed by atoms with van der Waals surface area (Å²) in [5, 5.41) is 29.0. The summed E-state index contributed by atoms with van der Waals surface area (Å²) in [6, 6.07) is 9.42. The van der Waals surface area contributed by atoms with Crippen LogP contribution in [0.15, 0.2) is 35.2 Å². The lowest BCUT2D eigenvalue weighted by Gasteiger charge is -2.32. The molecule has 2 fully saturated rings. The van der Waals surface area contributed by atoms with Gasteiger partial charge in [0.25, 0.3) is 0 Å². The predicted molar refractivity (Wildman–Crippen MR) is 86.6 cm³/mol. The number of carboxylic acids is 2. The molecule has 3 rings (SSSR count). The summed E-state index contributed by atoms with van der Waals surface area (Å²) in [6.07, 6.45) is -0.997. The summed E-state index contributed by atoms with van der Waals surface area (Å²) in [6.45, 7) is 0. The minimum Gasteiger partial charge on any atom is -0.481 e. The van der Waals surface area contributed by atoms with Crippen molar-refractivity contribution in [1.82, 2.24) is 0 Å². The standard InChI is InChI=1S/C15H17NO5S.ClH/c16-15(14(20)21)8(6-22-7-4-2-1-3-5-7)12(17)9-10(11(9)15)13(18)19;/h1-5,8-12,17H,6,16H2,(H,18,19)(H,20,21);1H/t8-,9+,10+,11+,12-,15+;/m1./s1. The monoisotopic (exact) mass is 359 g/mol. The smallest absolute Gasteiger partial charge is 0.324 e. The average molecular weight is 360 g/mol. The molecule has 2 aliphatic rings. The van der Waals surface area contributed by atoms with Crippen LogP contribution in [-0.2, 0) is 9.59 Å². The van der Waals surface area contributed by atoms with Gasteiger partial charge in [-0.3, -0.25) is 9.59 Å². The number of aliphatic hydroxyl groups excluding tert-OH is 1. The van der Waals surface area contributed by atoms with E-state index >= 15 is 0 Å². The van der Waals surface area contributed by atoms with Crippen LogP contribution < -0.4 is 5.73 Å². The SMILES string of the molecule is Cl.N[C@]1(C(=O)O)[C@@H]2[C@@H](C(=O)O)[C@@H]2[C@H](O)[C@H]1CSc1ccccc1. The number of fused-ring (bicyclic) bond motifs is 1. The molecule has 6 atom stereocenters. The van der Waals surface area contributed by atoms with Crippen LogP contribution in [0.1, 0.15) is 0 Å². The number of aliphatic carboxylic acids is 2. The van der Waals surface area contributed by atoms with Crippen LogP contribution in [0.3, 0.4) is 0 Å². The summed E-state index contributed by atoms with van der Waals surface area (Å²) in [5.74, 6) is -4.75. The fourth-order valence-corrected chi connectivity index (χ4v) is 4.93. The Bertz CT molecular complexity index is 615. The summed E-state index contributed by atoms with van der Waals surface area (Å²) in [7, 11) is 0. The number of carbonyl (C=O) groups is 2. The van der Waals surface area contributed by atoms with Crippen LogP contribution in [0.5, 0.6) is 0 Å². The molecule has 8 heteroatoms. The molecule has 126 valence electrons. The Labute approximate surface area is 143 Å². The van der Waals surface area contributed by atoms with Gasteiger partial charge >= 0.3 is 11.9 Å². The Balaban J connectivity index is 0.00000192.